The average Bonchev–Trinajstić information content (AvgIpc) is 2.87. The van der Waals surface area contributed by atoms with Crippen molar-refractivity contribution in [2.75, 3.05) is 26.7 Å². The van der Waals surface area contributed by atoms with Gasteiger partial charge in [0.2, 0.25) is 5.91 Å². The Morgan fingerprint density at radius 1 is 1.32 bits per heavy atom. The number of nitrogens with zero attached hydrogens (tertiary/aromatic N) is 2. The van der Waals surface area contributed by atoms with Crippen molar-refractivity contribution >= 4 is 5.91 Å². The molecule has 2 fully saturated rings. The largest absolute Gasteiger partial charge is 0.393 e. The van der Waals surface area contributed by atoms with Gasteiger partial charge >= 0.3 is 0 Å². The first-order valence-electron chi connectivity index (χ1n) is 7.74. The number of hydrogen-bond donors (Lipinski definition) is 1. The van der Waals surface area contributed by atoms with Gasteiger partial charge in [-0.05, 0) is 38.6 Å². The fourth-order valence-corrected chi connectivity index (χ4v) is 3.37. The summed E-state index contributed by atoms with van der Waals surface area (Å²) in [5, 5.41) is 9.60. The zero-order valence-electron chi connectivity index (χ0n) is 12.3. The minimum atomic E-state index is -0.254. The molecule has 19 heavy (non-hydrogen) atoms. The summed E-state index contributed by atoms with van der Waals surface area (Å²) in [6.45, 7) is 4.18. The van der Waals surface area contributed by atoms with Gasteiger partial charge in [0.05, 0.1) is 12.6 Å². The number of rotatable bonds is 4. The Morgan fingerprint density at radius 2 is 2.00 bits per heavy atom. The first-order chi connectivity index (χ1) is 9.08. The second-order valence-electron chi connectivity index (χ2n) is 6.32. The highest BCUT2D eigenvalue weighted by molar-refractivity contribution is 5.78. The van der Waals surface area contributed by atoms with Gasteiger partial charge in [-0.2, -0.15) is 0 Å². The third-order valence-electron chi connectivity index (χ3n) is 4.87. The molecule has 0 spiro atoms. The fourth-order valence-electron chi connectivity index (χ4n) is 3.37. The van der Waals surface area contributed by atoms with Crippen LogP contribution in [0.25, 0.3) is 0 Å². The van der Waals surface area contributed by atoms with Gasteiger partial charge in [-0.3, -0.25) is 9.69 Å². The second kappa shape index (κ2) is 6.71. The Bertz CT molecular complexity index is 301. The first-order valence-corrected chi connectivity index (χ1v) is 7.74. The van der Waals surface area contributed by atoms with Crippen LogP contribution in [-0.2, 0) is 4.79 Å². The maximum absolute atomic E-state index is 12.3. The summed E-state index contributed by atoms with van der Waals surface area (Å²) >= 11 is 0. The Balaban J connectivity index is 1.77. The number of likely N-dealkylation sites (N-methyl/N-ethyl adjacent to an activating group) is 1. The molecule has 2 atom stereocenters. The molecule has 4 heteroatoms. The smallest absolute Gasteiger partial charge is 0.236 e. The normalized spacial score (nSPS) is 27.4. The van der Waals surface area contributed by atoms with Crippen molar-refractivity contribution < 1.29 is 9.90 Å². The monoisotopic (exact) mass is 268 g/mol. The molecule has 1 aliphatic carbocycles. The summed E-state index contributed by atoms with van der Waals surface area (Å²) in [7, 11) is 1.96. The molecule has 110 valence electrons. The lowest BCUT2D eigenvalue weighted by atomic mass is 9.94. The van der Waals surface area contributed by atoms with Crippen LogP contribution in [0.4, 0.5) is 0 Å². The van der Waals surface area contributed by atoms with E-state index >= 15 is 0 Å². The summed E-state index contributed by atoms with van der Waals surface area (Å²) < 4.78 is 0. The molecular formula is C15H28N2O2. The van der Waals surface area contributed by atoms with Gasteiger partial charge in [-0.15, -0.1) is 0 Å². The maximum atomic E-state index is 12.3. The highest BCUT2D eigenvalue weighted by atomic mass is 16.3. The van der Waals surface area contributed by atoms with Gasteiger partial charge in [0.1, 0.15) is 0 Å². The summed E-state index contributed by atoms with van der Waals surface area (Å²) in [6, 6.07) is 0.455. The second-order valence-corrected chi connectivity index (χ2v) is 6.32. The maximum Gasteiger partial charge on any atom is 0.236 e. The quantitative estimate of drug-likeness (QED) is 0.840. The number of hydrogen-bond acceptors (Lipinski definition) is 3. The van der Waals surface area contributed by atoms with Crippen LogP contribution in [0.15, 0.2) is 0 Å². The van der Waals surface area contributed by atoms with Crippen molar-refractivity contribution in [1.82, 2.24) is 9.80 Å². The Hall–Kier alpha value is -0.610. The molecular weight excluding hydrogens is 240 g/mol. The van der Waals surface area contributed by atoms with Crippen molar-refractivity contribution in [3.05, 3.63) is 0 Å². The van der Waals surface area contributed by atoms with Crippen molar-refractivity contribution in [3.63, 3.8) is 0 Å². The van der Waals surface area contributed by atoms with Crippen LogP contribution in [0.3, 0.4) is 0 Å². The van der Waals surface area contributed by atoms with E-state index in [9.17, 15) is 9.90 Å². The number of aliphatic hydroxyl groups excluding tert-OH is 1. The van der Waals surface area contributed by atoms with E-state index in [1.165, 1.54) is 32.1 Å². The van der Waals surface area contributed by atoms with Crippen molar-refractivity contribution in [1.29, 1.82) is 0 Å². The number of amides is 1. The minimum Gasteiger partial charge on any atom is -0.393 e. The summed E-state index contributed by atoms with van der Waals surface area (Å²) in [6.07, 6.45) is 6.93. The molecule has 1 saturated heterocycles. The standard InChI is InChI=1S/C15H28N2O2/c1-12(18)13-8-9-17(10-13)11-15(19)16(2)14-6-4-3-5-7-14/h12-14,18H,3-11H2,1-2H3. The molecule has 0 aromatic carbocycles. The van der Waals surface area contributed by atoms with Crippen molar-refractivity contribution in [2.24, 2.45) is 5.92 Å². The molecule has 1 heterocycles. The minimum absolute atomic E-state index is 0.248. The molecule has 1 saturated carbocycles. The lowest BCUT2D eigenvalue weighted by Gasteiger charge is -2.32. The zero-order valence-corrected chi connectivity index (χ0v) is 12.3. The van der Waals surface area contributed by atoms with Crippen LogP contribution < -0.4 is 0 Å². The molecule has 2 rings (SSSR count). The van der Waals surface area contributed by atoms with Gasteiger partial charge in [0, 0.05) is 19.6 Å². The van der Waals surface area contributed by atoms with Crippen molar-refractivity contribution in [2.45, 2.75) is 57.6 Å². The van der Waals surface area contributed by atoms with Gasteiger partial charge < -0.3 is 10.0 Å². The Labute approximate surface area is 116 Å². The van der Waals surface area contributed by atoms with Crippen LogP contribution >= 0.6 is 0 Å². The number of carbonyl (C=O) groups excluding carboxylic acids is 1. The van der Waals surface area contributed by atoms with Gasteiger partial charge in [0.15, 0.2) is 0 Å². The molecule has 0 bridgehead atoms. The Kier molecular flexibility index (Phi) is 5.22. The molecule has 0 aromatic rings. The predicted molar refractivity (Wildman–Crippen MR) is 75.9 cm³/mol. The van der Waals surface area contributed by atoms with Crippen LogP contribution in [0.5, 0.6) is 0 Å². The number of likely N-dealkylation sites (tertiary alicyclic amines) is 1. The van der Waals surface area contributed by atoms with E-state index in [0.29, 0.717) is 18.5 Å². The van der Waals surface area contributed by atoms with E-state index in [1.807, 2.05) is 18.9 Å². The third kappa shape index (κ3) is 3.93. The fraction of sp³-hybridized carbons (Fsp3) is 0.933. The molecule has 2 aliphatic rings. The Morgan fingerprint density at radius 3 is 2.58 bits per heavy atom. The molecule has 2 unspecified atom stereocenters. The van der Waals surface area contributed by atoms with E-state index < -0.39 is 0 Å². The molecule has 0 radical (unpaired) electrons. The summed E-state index contributed by atoms with van der Waals surface area (Å²) in [5.41, 5.74) is 0. The summed E-state index contributed by atoms with van der Waals surface area (Å²) in [4.78, 5) is 16.5. The lowest BCUT2D eigenvalue weighted by Crippen LogP contribution is -2.43. The highest BCUT2D eigenvalue weighted by Gasteiger charge is 2.29. The van der Waals surface area contributed by atoms with E-state index in [4.69, 9.17) is 0 Å². The van der Waals surface area contributed by atoms with Crippen LogP contribution in [0.1, 0.15) is 45.4 Å². The third-order valence-corrected chi connectivity index (χ3v) is 4.87. The highest BCUT2D eigenvalue weighted by Crippen LogP contribution is 2.23. The first kappa shape index (κ1) is 14.8. The predicted octanol–water partition coefficient (Wildman–Crippen LogP) is 1.48. The lowest BCUT2D eigenvalue weighted by molar-refractivity contribution is -0.133. The molecule has 1 amide bonds. The SMILES string of the molecule is CC(O)C1CCN(CC(=O)N(C)C2CCCCC2)C1. The van der Waals surface area contributed by atoms with Gasteiger partial charge in [-0.25, -0.2) is 0 Å². The van der Waals surface area contributed by atoms with Gasteiger partial charge in [-0.1, -0.05) is 19.3 Å². The zero-order chi connectivity index (χ0) is 13.8. The van der Waals surface area contributed by atoms with E-state index in [0.717, 1.165) is 19.5 Å². The average molecular weight is 268 g/mol. The molecule has 0 aromatic heterocycles. The van der Waals surface area contributed by atoms with Crippen LogP contribution in [0, 0.1) is 5.92 Å². The molecule has 1 N–H and O–H groups in total. The van der Waals surface area contributed by atoms with Crippen LogP contribution in [0.2, 0.25) is 0 Å². The van der Waals surface area contributed by atoms with E-state index in [1.54, 1.807) is 0 Å². The van der Waals surface area contributed by atoms with Crippen LogP contribution in [-0.4, -0.2) is 59.6 Å². The molecule has 4 nitrogen and oxygen atoms in total. The van der Waals surface area contributed by atoms with E-state index in [2.05, 4.69) is 4.90 Å². The number of aliphatic hydroxyl groups is 1. The van der Waals surface area contributed by atoms with Gasteiger partial charge in [0.25, 0.3) is 0 Å². The topological polar surface area (TPSA) is 43.8 Å². The van der Waals surface area contributed by atoms with E-state index in [-0.39, 0.29) is 12.0 Å². The molecule has 1 aliphatic heterocycles. The summed E-state index contributed by atoms with van der Waals surface area (Å²) in [5.74, 6) is 0.589. The van der Waals surface area contributed by atoms with Crippen molar-refractivity contribution in [3.8, 4) is 0 Å². The number of carbonyl (C=O) groups is 1.